The van der Waals surface area contributed by atoms with Crippen LogP contribution in [0.5, 0.6) is 0 Å². The number of benzene rings is 1. The van der Waals surface area contributed by atoms with Gasteiger partial charge >= 0.3 is 0 Å². The summed E-state index contributed by atoms with van der Waals surface area (Å²) in [6.45, 7) is 5.67. The number of hydrogen-bond acceptors (Lipinski definition) is 2. The Morgan fingerprint density at radius 2 is 1.81 bits per heavy atom. The first-order valence-corrected chi connectivity index (χ1v) is 7.66. The molecule has 0 bridgehead atoms. The lowest BCUT2D eigenvalue weighted by molar-refractivity contribution is -0.133. The van der Waals surface area contributed by atoms with Gasteiger partial charge in [-0.1, -0.05) is 43.1 Å². The number of nitrogens with one attached hydrogen (secondary N) is 1. The highest BCUT2D eigenvalue weighted by Crippen LogP contribution is 2.36. The Morgan fingerprint density at radius 3 is 2.33 bits per heavy atom. The van der Waals surface area contributed by atoms with Crippen LogP contribution in [-0.4, -0.2) is 23.9 Å². The van der Waals surface area contributed by atoms with Crippen molar-refractivity contribution in [2.24, 2.45) is 5.92 Å². The van der Waals surface area contributed by atoms with Gasteiger partial charge in [0.2, 0.25) is 11.8 Å². The van der Waals surface area contributed by atoms with Gasteiger partial charge in [0.05, 0.1) is 15.7 Å². The molecule has 2 amide bonds. The smallest absolute Gasteiger partial charge is 0.250 e. The zero-order valence-electron chi connectivity index (χ0n) is 12.2. The average molecular weight is 329 g/mol. The summed E-state index contributed by atoms with van der Waals surface area (Å²) in [6, 6.07) is 3.85. The molecule has 1 heterocycles. The number of rotatable bonds is 3. The van der Waals surface area contributed by atoms with E-state index >= 15 is 0 Å². The molecule has 1 aromatic carbocycles. The maximum absolute atomic E-state index is 12.7. The van der Waals surface area contributed by atoms with Gasteiger partial charge in [-0.3, -0.25) is 14.5 Å². The van der Waals surface area contributed by atoms with Gasteiger partial charge in [-0.15, -0.1) is 0 Å². The highest BCUT2D eigenvalue weighted by atomic mass is 35.5. The van der Waals surface area contributed by atoms with Crippen LogP contribution in [0.4, 0.5) is 5.69 Å². The Bertz CT molecular complexity index is 555. The Hall–Kier alpha value is -1.26. The highest BCUT2D eigenvalue weighted by Gasteiger charge is 2.40. The molecule has 2 rings (SSSR count). The van der Waals surface area contributed by atoms with E-state index in [1.165, 1.54) is 4.90 Å². The first-order chi connectivity index (χ1) is 9.82. The molecule has 114 valence electrons. The minimum Gasteiger partial charge on any atom is -0.342 e. The summed E-state index contributed by atoms with van der Waals surface area (Å²) < 4.78 is 0. The fourth-order valence-corrected chi connectivity index (χ4v) is 3.06. The molecular weight excluding hydrogens is 311 g/mol. The average Bonchev–Trinajstić information content (AvgIpc) is 2.39. The van der Waals surface area contributed by atoms with Crippen LogP contribution < -0.4 is 10.2 Å². The second kappa shape index (κ2) is 6.24. The predicted molar refractivity (Wildman–Crippen MR) is 84.8 cm³/mol. The standard InChI is InChI=1S/C15H18Cl2N2O2/c1-8(2)7-12-15(21)19(9(3)14(20)18-12)13-10(16)5-4-6-11(13)17/h4-6,8-9,12H,7H2,1-3H3,(H,18,20). The van der Waals surface area contributed by atoms with Gasteiger partial charge in [0.25, 0.3) is 0 Å². The quantitative estimate of drug-likeness (QED) is 0.925. The molecule has 2 unspecified atom stereocenters. The molecule has 1 aliphatic heterocycles. The normalized spacial score (nSPS) is 22.7. The molecular formula is C15H18Cl2N2O2. The molecule has 1 saturated heterocycles. The first kappa shape index (κ1) is 16.1. The van der Waals surface area contributed by atoms with Crippen LogP contribution in [0.25, 0.3) is 0 Å². The van der Waals surface area contributed by atoms with Crippen molar-refractivity contribution in [1.82, 2.24) is 5.32 Å². The van der Waals surface area contributed by atoms with E-state index in [1.807, 2.05) is 13.8 Å². The van der Waals surface area contributed by atoms with E-state index in [4.69, 9.17) is 23.2 Å². The summed E-state index contributed by atoms with van der Waals surface area (Å²) in [7, 11) is 0. The molecule has 2 atom stereocenters. The van der Waals surface area contributed by atoms with Crippen LogP contribution in [0.3, 0.4) is 0 Å². The third kappa shape index (κ3) is 3.16. The summed E-state index contributed by atoms with van der Waals surface area (Å²) in [6.07, 6.45) is 0.579. The zero-order chi connectivity index (χ0) is 15.7. The third-order valence-corrected chi connectivity index (χ3v) is 4.11. The predicted octanol–water partition coefficient (Wildman–Crippen LogP) is 3.26. The van der Waals surface area contributed by atoms with E-state index in [1.54, 1.807) is 25.1 Å². The Kier molecular flexibility index (Phi) is 4.79. The largest absolute Gasteiger partial charge is 0.342 e. The number of nitrogens with zero attached hydrogens (tertiary/aromatic N) is 1. The van der Waals surface area contributed by atoms with Gasteiger partial charge in [0.15, 0.2) is 0 Å². The Morgan fingerprint density at radius 1 is 1.24 bits per heavy atom. The van der Waals surface area contributed by atoms with Crippen LogP contribution in [0.2, 0.25) is 10.0 Å². The van der Waals surface area contributed by atoms with E-state index in [0.717, 1.165) is 0 Å². The lowest BCUT2D eigenvalue weighted by Crippen LogP contribution is -2.63. The molecule has 0 spiro atoms. The maximum Gasteiger partial charge on any atom is 0.250 e. The molecule has 1 aromatic rings. The molecule has 1 fully saturated rings. The molecule has 1 N–H and O–H groups in total. The minimum absolute atomic E-state index is 0.175. The molecule has 0 aliphatic carbocycles. The van der Waals surface area contributed by atoms with Crippen molar-refractivity contribution in [2.75, 3.05) is 4.90 Å². The minimum atomic E-state index is -0.640. The topological polar surface area (TPSA) is 49.4 Å². The van der Waals surface area contributed by atoms with Gasteiger partial charge in [-0.25, -0.2) is 0 Å². The molecule has 6 heteroatoms. The summed E-state index contributed by atoms with van der Waals surface area (Å²) in [4.78, 5) is 26.3. The molecule has 0 radical (unpaired) electrons. The molecule has 0 aromatic heterocycles. The van der Waals surface area contributed by atoms with Crippen LogP contribution >= 0.6 is 23.2 Å². The van der Waals surface area contributed by atoms with Crippen molar-refractivity contribution in [3.63, 3.8) is 0 Å². The number of hydrogen-bond donors (Lipinski definition) is 1. The summed E-state index contributed by atoms with van der Waals surface area (Å²) in [5, 5.41) is 3.49. The van der Waals surface area contributed by atoms with Crippen LogP contribution in [0, 0.1) is 5.92 Å². The van der Waals surface area contributed by atoms with E-state index in [0.29, 0.717) is 22.2 Å². The fourth-order valence-electron chi connectivity index (χ4n) is 2.48. The van der Waals surface area contributed by atoms with Crippen LogP contribution in [0.1, 0.15) is 27.2 Å². The van der Waals surface area contributed by atoms with Gasteiger partial charge in [0, 0.05) is 0 Å². The lowest BCUT2D eigenvalue weighted by atomic mass is 9.98. The lowest BCUT2D eigenvalue weighted by Gasteiger charge is -2.38. The number of halogens is 2. The van der Waals surface area contributed by atoms with Gasteiger partial charge in [-0.2, -0.15) is 0 Å². The fraction of sp³-hybridized carbons (Fsp3) is 0.467. The van der Waals surface area contributed by atoms with E-state index in [-0.39, 0.29) is 17.7 Å². The maximum atomic E-state index is 12.7. The molecule has 1 aliphatic rings. The summed E-state index contributed by atoms with van der Waals surface area (Å²) in [5.41, 5.74) is 0.405. The Balaban J connectivity index is 2.44. The van der Waals surface area contributed by atoms with E-state index in [9.17, 15) is 9.59 Å². The van der Waals surface area contributed by atoms with Crippen molar-refractivity contribution < 1.29 is 9.59 Å². The zero-order valence-corrected chi connectivity index (χ0v) is 13.7. The number of amides is 2. The number of para-hydroxylation sites is 1. The number of carbonyl (C=O) groups excluding carboxylic acids is 2. The SMILES string of the molecule is CC(C)CC1NC(=O)C(C)N(c2c(Cl)cccc2Cl)C1=O. The van der Waals surface area contributed by atoms with Crippen LogP contribution in [0.15, 0.2) is 18.2 Å². The highest BCUT2D eigenvalue weighted by molar-refractivity contribution is 6.40. The number of carbonyl (C=O) groups is 2. The van der Waals surface area contributed by atoms with Crippen molar-refractivity contribution in [3.05, 3.63) is 28.2 Å². The Labute approximate surface area is 134 Å². The van der Waals surface area contributed by atoms with Gasteiger partial charge in [0.1, 0.15) is 12.1 Å². The number of anilines is 1. The molecule has 21 heavy (non-hydrogen) atoms. The van der Waals surface area contributed by atoms with E-state index in [2.05, 4.69) is 5.32 Å². The number of piperazine rings is 1. The van der Waals surface area contributed by atoms with Crippen molar-refractivity contribution in [1.29, 1.82) is 0 Å². The van der Waals surface area contributed by atoms with Crippen molar-refractivity contribution in [2.45, 2.75) is 39.3 Å². The van der Waals surface area contributed by atoms with E-state index < -0.39 is 12.1 Å². The third-order valence-electron chi connectivity index (χ3n) is 3.50. The van der Waals surface area contributed by atoms with Gasteiger partial charge in [-0.05, 0) is 31.4 Å². The van der Waals surface area contributed by atoms with Crippen molar-refractivity contribution in [3.8, 4) is 0 Å². The molecule has 0 saturated carbocycles. The second-order valence-corrected chi connectivity index (χ2v) is 6.46. The van der Waals surface area contributed by atoms with Crippen LogP contribution in [-0.2, 0) is 9.59 Å². The first-order valence-electron chi connectivity index (χ1n) is 6.90. The summed E-state index contributed by atoms with van der Waals surface area (Å²) in [5.74, 6) is -0.0849. The monoisotopic (exact) mass is 328 g/mol. The van der Waals surface area contributed by atoms with Gasteiger partial charge < -0.3 is 5.32 Å². The molecule has 4 nitrogen and oxygen atoms in total. The summed E-state index contributed by atoms with van der Waals surface area (Å²) >= 11 is 12.4. The second-order valence-electron chi connectivity index (χ2n) is 5.65. The van der Waals surface area contributed by atoms with Crippen molar-refractivity contribution >= 4 is 40.7 Å².